The molecule has 0 bridgehead atoms. The Hall–Kier alpha value is -7.43. The summed E-state index contributed by atoms with van der Waals surface area (Å²) >= 11 is 0. The Morgan fingerprint density at radius 3 is 1.25 bits per heavy atom. The molecule has 0 fully saturated rings. The molecule has 0 aliphatic heterocycles. The molecule has 0 atom stereocenters. The summed E-state index contributed by atoms with van der Waals surface area (Å²) in [6.07, 6.45) is 0. The summed E-state index contributed by atoms with van der Waals surface area (Å²) in [6.45, 7) is 0. The van der Waals surface area contributed by atoms with Gasteiger partial charge < -0.3 is 9.13 Å². The summed E-state index contributed by atoms with van der Waals surface area (Å²) < 4.78 is 7.26. The van der Waals surface area contributed by atoms with E-state index < -0.39 is 0 Å². The monoisotopic (exact) mass is 700 g/mol. The van der Waals surface area contributed by atoms with Gasteiger partial charge in [-0.2, -0.15) is 0 Å². The van der Waals surface area contributed by atoms with Crippen LogP contribution >= 0.6 is 0 Å². The number of hydrogen-bond donors (Lipinski definition) is 0. The van der Waals surface area contributed by atoms with Crippen molar-refractivity contribution in [1.82, 2.24) is 18.7 Å². The van der Waals surface area contributed by atoms with Crippen molar-refractivity contribution in [3.05, 3.63) is 194 Å². The van der Waals surface area contributed by atoms with Crippen LogP contribution in [0.3, 0.4) is 0 Å². The molecule has 12 rings (SSSR count). The van der Waals surface area contributed by atoms with Crippen LogP contribution in [0.15, 0.2) is 194 Å². The van der Waals surface area contributed by atoms with Gasteiger partial charge >= 0.3 is 0 Å². The van der Waals surface area contributed by atoms with Gasteiger partial charge in [-0.05, 0) is 59.3 Å². The first-order valence-electron chi connectivity index (χ1n) is 18.8. The molecule has 0 unspecified atom stereocenters. The van der Waals surface area contributed by atoms with Crippen molar-refractivity contribution in [3.8, 4) is 28.5 Å². The third-order valence-electron chi connectivity index (χ3n) is 11.4. The Morgan fingerprint density at radius 2 is 0.673 bits per heavy atom. The molecule has 0 saturated heterocycles. The lowest BCUT2D eigenvalue weighted by Gasteiger charge is -2.15. The predicted molar refractivity (Wildman–Crippen MR) is 230 cm³/mol. The number of rotatable bonds is 4. The molecule has 4 heteroatoms. The van der Waals surface area contributed by atoms with E-state index in [1.54, 1.807) is 0 Å². The number of hydrogen-bond acceptors (Lipinski definition) is 1. The van der Waals surface area contributed by atoms with Crippen molar-refractivity contribution in [2.75, 3.05) is 0 Å². The van der Waals surface area contributed by atoms with E-state index in [0.29, 0.717) is 0 Å². The number of fused-ring (bicyclic) bond motifs is 13. The highest BCUT2D eigenvalue weighted by atomic mass is 15.1. The summed E-state index contributed by atoms with van der Waals surface area (Å²) in [4.78, 5) is 5.44. The minimum absolute atomic E-state index is 0.927. The molecule has 3 aromatic heterocycles. The smallest absolute Gasteiger partial charge is 0.145 e. The molecule has 0 aliphatic rings. The van der Waals surface area contributed by atoms with Gasteiger partial charge in [0, 0.05) is 54.9 Å². The SMILES string of the molecule is c1ccc(-c2nc3c4ccccc4c4ccccc4c3n2-c2ccc(-n3c4ccccc4c4ccc5c6ccccc6n(-c6ccccc6)c5c43)cc2)cc1. The highest BCUT2D eigenvalue weighted by Gasteiger charge is 2.23. The summed E-state index contributed by atoms with van der Waals surface area (Å²) in [6, 6.07) is 70.0. The van der Waals surface area contributed by atoms with Crippen LogP contribution in [0.2, 0.25) is 0 Å². The van der Waals surface area contributed by atoms with E-state index in [1.807, 2.05) is 0 Å². The lowest BCUT2D eigenvalue weighted by Crippen LogP contribution is -2.01. The zero-order valence-electron chi connectivity index (χ0n) is 29.8. The maximum Gasteiger partial charge on any atom is 0.145 e. The third-order valence-corrected chi connectivity index (χ3v) is 11.4. The van der Waals surface area contributed by atoms with Gasteiger partial charge in [0.1, 0.15) is 5.82 Å². The van der Waals surface area contributed by atoms with E-state index >= 15 is 0 Å². The van der Waals surface area contributed by atoms with Crippen molar-refractivity contribution < 1.29 is 0 Å². The van der Waals surface area contributed by atoms with Crippen LogP contribution in [0.1, 0.15) is 0 Å². The van der Waals surface area contributed by atoms with Crippen LogP contribution in [-0.2, 0) is 0 Å². The summed E-state index contributed by atoms with van der Waals surface area (Å²) in [7, 11) is 0. The second-order valence-corrected chi connectivity index (χ2v) is 14.3. The zero-order valence-corrected chi connectivity index (χ0v) is 29.8. The number of aromatic nitrogens is 4. The predicted octanol–water partition coefficient (Wildman–Crippen LogP) is 13.2. The van der Waals surface area contributed by atoms with Gasteiger partial charge in [-0.1, -0.05) is 146 Å². The first kappa shape index (κ1) is 30.1. The average molecular weight is 701 g/mol. The molecule has 0 aliphatic carbocycles. The average Bonchev–Trinajstić information content (AvgIpc) is 3.93. The molecule has 55 heavy (non-hydrogen) atoms. The van der Waals surface area contributed by atoms with Gasteiger partial charge in [-0.15, -0.1) is 0 Å². The van der Waals surface area contributed by atoms with Crippen molar-refractivity contribution >= 4 is 76.2 Å². The Morgan fingerprint density at radius 1 is 0.273 bits per heavy atom. The molecule has 0 radical (unpaired) electrons. The Bertz CT molecular complexity index is 3460. The third kappa shape index (κ3) is 4.25. The van der Waals surface area contributed by atoms with Crippen molar-refractivity contribution in [1.29, 1.82) is 0 Å². The fraction of sp³-hybridized carbons (Fsp3) is 0. The van der Waals surface area contributed by atoms with Crippen LogP contribution in [0.25, 0.3) is 105 Å². The zero-order chi connectivity index (χ0) is 36.0. The molecular formula is C51H32N4. The van der Waals surface area contributed by atoms with Crippen LogP contribution < -0.4 is 0 Å². The first-order valence-corrected chi connectivity index (χ1v) is 18.8. The molecule has 3 heterocycles. The van der Waals surface area contributed by atoms with E-state index in [1.165, 1.54) is 59.8 Å². The molecule has 0 amide bonds. The minimum atomic E-state index is 0.927. The van der Waals surface area contributed by atoms with Crippen LogP contribution in [0.5, 0.6) is 0 Å². The lowest BCUT2D eigenvalue weighted by molar-refractivity contribution is 1.09. The molecule has 0 spiro atoms. The molecule has 9 aromatic carbocycles. The van der Waals surface area contributed by atoms with Crippen LogP contribution in [0.4, 0.5) is 0 Å². The van der Waals surface area contributed by atoms with Gasteiger partial charge in [-0.3, -0.25) is 4.57 Å². The second kappa shape index (κ2) is 11.5. The van der Waals surface area contributed by atoms with Gasteiger partial charge in [0.15, 0.2) is 0 Å². The van der Waals surface area contributed by atoms with Crippen molar-refractivity contribution in [3.63, 3.8) is 0 Å². The summed E-state index contributed by atoms with van der Waals surface area (Å²) in [5, 5.41) is 9.75. The standard InChI is InChI=1S/C51H32N4/c1-3-15-33(16-4-1)51-52-47-41-23-9-7-19-37(41)38-20-8-10-24-42(38)48(47)55(51)36-29-27-35(28-30-36)54-46-26-14-12-22-40(46)44-32-31-43-39-21-11-13-25-45(39)53(49(43)50(44)54)34-17-5-2-6-18-34/h1-32H. The minimum Gasteiger partial charge on any atom is -0.307 e. The van der Waals surface area contributed by atoms with E-state index in [-0.39, 0.29) is 0 Å². The highest BCUT2D eigenvalue weighted by molar-refractivity contribution is 6.25. The molecule has 0 N–H and O–H groups in total. The number of nitrogens with zero attached hydrogens (tertiary/aromatic N) is 4. The number of para-hydroxylation sites is 3. The Balaban J connectivity index is 1.16. The lowest BCUT2D eigenvalue weighted by atomic mass is 10.00. The Kier molecular flexibility index (Phi) is 6.31. The van der Waals surface area contributed by atoms with Gasteiger partial charge in [-0.25, -0.2) is 4.98 Å². The maximum atomic E-state index is 5.44. The van der Waals surface area contributed by atoms with Crippen molar-refractivity contribution in [2.45, 2.75) is 0 Å². The Labute approximate surface area is 316 Å². The molecular weight excluding hydrogens is 669 g/mol. The van der Waals surface area contributed by atoms with Crippen LogP contribution in [-0.4, -0.2) is 18.7 Å². The van der Waals surface area contributed by atoms with E-state index in [0.717, 1.165) is 44.9 Å². The number of benzene rings is 9. The molecule has 0 saturated carbocycles. The number of imidazole rings is 1. The molecule has 12 aromatic rings. The highest BCUT2D eigenvalue weighted by Crippen LogP contribution is 2.43. The summed E-state index contributed by atoms with van der Waals surface area (Å²) in [5.74, 6) is 0.927. The first-order chi connectivity index (χ1) is 27.3. The van der Waals surface area contributed by atoms with E-state index in [9.17, 15) is 0 Å². The maximum absolute atomic E-state index is 5.44. The van der Waals surface area contributed by atoms with E-state index in [2.05, 4.69) is 208 Å². The molecule has 256 valence electrons. The second-order valence-electron chi connectivity index (χ2n) is 14.3. The van der Waals surface area contributed by atoms with Gasteiger partial charge in [0.2, 0.25) is 0 Å². The largest absolute Gasteiger partial charge is 0.307 e. The van der Waals surface area contributed by atoms with Gasteiger partial charge in [0.05, 0.1) is 33.1 Å². The van der Waals surface area contributed by atoms with Gasteiger partial charge in [0.25, 0.3) is 0 Å². The topological polar surface area (TPSA) is 27.7 Å². The van der Waals surface area contributed by atoms with Crippen molar-refractivity contribution in [2.24, 2.45) is 0 Å². The fourth-order valence-electron chi connectivity index (χ4n) is 9.10. The van der Waals surface area contributed by atoms with Crippen LogP contribution in [0, 0.1) is 0 Å². The normalized spacial score (nSPS) is 12.0. The fourth-order valence-corrected chi connectivity index (χ4v) is 9.10. The van der Waals surface area contributed by atoms with E-state index in [4.69, 9.17) is 4.98 Å². The molecule has 4 nitrogen and oxygen atoms in total. The summed E-state index contributed by atoms with van der Waals surface area (Å²) in [5.41, 5.74) is 11.3. The quantitative estimate of drug-likeness (QED) is 0.168.